The number of alkyl halides is 3. The third-order valence-corrected chi connectivity index (χ3v) is 3.15. The van der Waals surface area contributed by atoms with Gasteiger partial charge in [-0.25, -0.2) is 8.78 Å². The molecule has 0 aliphatic rings. The van der Waals surface area contributed by atoms with Gasteiger partial charge in [0.05, 0.1) is 16.3 Å². The average Bonchev–Trinajstić information content (AvgIpc) is 2.47. The summed E-state index contributed by atoms with van der Waals surface area (Å²) in [6.07, 6.45) is -4.72. The highest BCUT2D eigenvalue weighted by Gasteiger charge is 2.34. The van der Waals surface area contributed by atoms with E-state index in [0.717, 1.165) is 24.3 Å². The average molecular weight is 366 g/mol. The molecule has 1 N–H and O–H groups in total. The van der Waals surface area contributed by atoms with Gasteiger partial charge in [-0.2, -0.15) is 13.2 Å². The SMILES string of the molecule is O=C(COc1ccc(F)cc1F)Nc1c(Cl)cccc1C(F)(F)F. The molecule has 0 saturated carbocycles. The molecule has 3 nitrogen and oxygen atoms in total. The van der Waals surface area contributed by atoms with Crippen molar-refractivity contribution in [1.29, 1.82) is 0 Å². The van der Waals surface area contributed by atoms with E-state index in [2.05, 4.69) is 0 Å². The summed E-state index contributed by atoms with van der Waals surface area (Å²) in [6, 6.07) is 5.42. The molecule has 0 radical (unpaired) electrons. The molecule has 9 heteroatoms. The van der Waals surface area contributed by atoms with Crippen molar-refractivity contribution >= 4 is 23.2 Å². The van der Waals surface area contributed by atoms with Crippen LogP contribution in [0.5, 0.6) is 5.75 Å². The van der Waals surface area contributed by atoms with Gasteiger partial charge in [0.15, 0.2) is 18.2 Å². The summed E-state index contributed by atoms with van der Waals surface area (Å²) in [5.74, 6) is -3.29. The molecule has 2 aromatic rings. The fourth-order valence-corrected chi connectivity index (χ4v) is 2.02. The maximum Gasteiger partial charge on any atom is 0.418 e. The number of carbonyl (C=O) groups is 1. The molecule has 0 saturated heterocycles. The van der Waals surface area contributed by atoms with Gasteiger partial charge in [0.25, 0.3) is 5.91 Å². The fourth-order valence-electron chi connectivity index (χ4n) is 1.80. The molecule has 24 heavy (non-hydrogen) atoms. The number of hydrogen-bond acceptors (Lipinski definition) is 2. The maximum absolute atomic E-state index is 13.3. The van der Waals surface area contributed by atoms with E-state index >= 15 is 0 Å². The van der Waals surface area contributed by atoms with E-state index in [4.69, 9.17) is 16.3 Å². The highest BCUT2D eigenvalue weighted by molar-refractivity contribution is 6.34. The lowest BCUT2D eigenvalue weighted by Crippen LogP contribution is -2.23. The minimum atomic E-state index is -4.72. The molecule has 0 unspecified atom stereocenters. The zero-order valence-corrected chi connectivity index (χ0v) is 12.5. The Balaban J connectivity index is 2.10. The van der Waals surface area contributed by atoms with Gasteiger partial charge in [0.1, 0.15) is 5.82 Å². The van der Waals surface area contributed by atoms with Gasteiger partial charge in [0, 0.05) is 6.07 Å². The minimum Gasteiger partial charge on any atom is -0.481 e. The number of ether oxygens (including phenoxy) is 1. The molecule has 2 rings (SSSR count). The number of hydrogen-bond donors (Lipinski definition) is 1. The van der Waals surface area contributed by atoms with E-state index in [1.165, 1.54) is 6.07 Å². The Morgan fingerprint density at radius 1 is 1.17 bits per heavy atom. The van der Waals surface area contributed by atoms with Crippen molar-refractivity contribution in [2.75, 3.05) is 11.9 Å². The van der Waals surface area contributed by atoms with Crippen molar-refractivity contribution in [1.82, 2.24) is 0 Å². The normalized spacial score (nSPS) is 11.2. The molecule has 0 aromatic heterocycles. The monoisotopic (exact) mass is 365 g/mol. The molecule has 0 fully saturated rings. The van der Waals surface area contributed by atoms with Crippen LogP contribution < -0.4 is 10.1 Å². The predicted molar refractivity (Wildman–Crippen MR) is 76.9 cm³/mol. The molecule has 0 bridgehead atoms. The predicted octanol–water partition coefficient (Wildman–Crippen LogP) is 4.65. The first-order valence-corrected chi connectivity index (χ1v) is 6.79. The van der Waals surface area contributed by atoms with Gasteiger partial charge in [-0.15, -0.1) is 0 Å². The van der Waals surface area contributed by atoms with Crippen molar-refractivity contribution < 1.29 is 31.5 Å². The Morgan fingerprint density at radius 3 is 2.50 bits per heavy atom. The number of nitrogens with one attached hydrogen (secondary N) is 1. The number of anilines is 1. The van der Waals surface area contributed by atoms with Crippen LogP contribution in [-0.4, -0.2) is 12.5 Å². The highest BCUT2D eigenvalue weighted by atomic mass is 35.5. The summed E-state index contributed by atoms with van der Waals surface area (Å²) in [4.78, 5) is 11.7. The Morgan fingerprint density at radius 2 is 1.88 bits per heavy atom. The number of para-hydroxylation sites is 1. The summed E-state index contributed by atoms with van der Waals surface area (Å²) in [5.41, 5.74) is -1.75. The second-order valence-corrected chi connectivity index (χ2v) is 4.98. The Labute approximate surface area is 138 Å². The van der Waals surface area contributed by atoms with E-state index < -0.39 is 47.3 Å². The van der Waals surface area contributed by atoms with Crippen molar-refractivity contribution in [3.05, 3.63) is 58.6 Å². The largest absolute Gasteiger partial charge is 0.481 e. The van der Waals surface area contributed by atoms with Crippen molar-refractivity contribution in [3.8, 4) is 5.75 Å². The number of halogens is 6. The van der Waals surface area contributed by atoms with E-state index in [1.54, 1.807) is 0 Å². The molecular formula is C15H9ClF5NO2. The molecule has 2 aromatic carbocycles. The summed E-state index contributed by atoms with van der Waals surface area (Å²) in [5, 5.41) is 1.66. The van der Waals surface area contributed by atoms with Crippen LogP contribution in [0.1, 0.15) is 5.56 Å². The molecule has 0 atom stereocenters. The van der Waals surface area contributed by atoms with Crippen LogP contribution in [0.15, 0.2) is 36.4 Å². The molecular weight excluding hydrogens is 357 g/mol. The van der Waals surface area contributed by atoms with Gasteiger partial charge in [-0.1, -0.05) is 17.7 Å². The molecule has 0 heterocycles. The van der Waals surface area contributed by atoms with Crippen LogP contribution in [0, 0.1) is 11.6 Å². The molecule has 1 amide bonds. The summed E-state index contributed by atoms with van der Waals surface area (Å²) in [7, 11) is 0. The number of rotatable bonds is 4. The fraction of sp³-hybridized carbons (Fsp3) is 0.133. The first kappa shape index (κ1) is 18.0. The van der Waals surface area contributed by atoms with Crippen molar-refractivity contribution in [2.24, 2.45) is 0 Å². The van der Waals surface area contributed by atoms with Gasteiger partial charge in [0.2, 0.25) is 0 Å². The third-order valence-electron chi connectivity index (χ3n) is 2.84. The summed E-state index contributed by atoms with van der Waals surface area (Å²) < 4.78 is 69.6. The standard InChI is InChI=1S/C15H9ClF5NO2/c16-10-3-1-2-9(15(19,20)21)14(10)22-13(23)7-24-12-5-4-8(17)6-11(12)18/h1-6H,7H2,(H,22,23). The zero-order chi connectivity index (χ0) is 17.9. The lowest BCUT2D eigenvalue weighted by Gasteiger charge is -2.15. The van der Waals surface area contributed by atoms with Gasteiger partial charge >= 0.3 is 6.18 Å². The number of benzene rings is 2. The van der Waals surface area contributed by atoms with Gasteiger partial charge < -0.3 is 10.1 Å². The second-order valence-electron chi connectivity index (χ2n) is 4.57. The van der Waals surface area contributed by atoms with E-state index in [9.17, 15) is 26.7 Å². The van der Waals surface area contributed by atoms with Crippen LogP contribution in [0.4, 0.5) is 27.6 Å². The molecule has 128 valence electrons. The molecule has 0 spiro atoms. The lowest BCUT2D eigenvalue weighted by atomic mass is 10.1. The van der Waals surface area contributed by atoms with Crippen LogP contribution in [0.3, 0.4) is 0 Å². The van der Waals surface area contributed by atoms with E-state index in [0.29, 0.717) is 6.07 Å². The highest BCUT2D eigenvalue weighted by Crippen LogP contribution is 2.38. The smallest absolute Gasteiger partial charge is 0.418 e. The summed E-state index contributed by atoms with van der Waals surface area (Å²) >= 11 is 5.68. The van der Waals surface area contributed by atoms with Crippen LogP contribution >= 0.6 is 11.6 Å². The third kappa shape index (κ3) is 4.35. The molecule has 0 aliphatic carbocycles. The van der Waals surface area contributed by atoms with E-state index in [1.807, 2.05) is 5.32 Å². The first-order chi connectivity index (χ1) is 11.2. The number of amides is 1. The Hall–Kier alpha value is -2.35. The van der Waals surface area contributed by atoms with Crippen molar-refractivity contribution in [3.63, 3.8) is 0 Å². The maximum atomic E-state index is 13.3. The second kappa shape index (κ2) is 7.04. The Bertz CT molecular complexity index is 764. The summed E-state index contributed by atoms with van der Waals surface area (Å²) in [6.45, 7) is -0.787. The minimum absolute atomic E-state index is 0.314. The van der Waals surface area contributed by atoms with Crippen molar-refractivity contribution in [2.45, 2.75) is 6.18 Å². The zero-order valence-electron chi connectivity index (χ0n) is 11.8. The van der Waals surface area contributed by atoms with Gasteiger partial charge in [-0.05, 0) is 24.3 Å². The van der Waals surface area contributed by atoms with E-state index in [-0.39, 0.29) is 5.02 Å². The number of carbonyl (C=O) groups excluding carboxylic acids is 1. The first-order valence-electron chi connectivity index (χ1n) is 6.42. The topological polar surface area (TPSA) is 38.3 Å². The quantitative estimate of drug-likeness (QED) is 0.801. The van der Waals surface area contributed by atoms with Crippen LogP contribution in [-0.2, 0) is 11.0 Å². The van der Waals surface area contributed by atoms with Crippen LogP contribution in [0.2, 0.25) is 5.02 Å². The van der Waals surface area contributed by atoms with Crippen LogP contribution in [0.25, 0.3) is 0 Å². The lowest BCUT2D eigenvalue weighted by molar-refractivity contribution is -0.137. The van der Waals surface area contributed by atoms with Gasteiger partial charge in [-0.3, -0.25) is 4.79 Å². The Kier molecular flexibility index (Phi) is 5.28. The molecule has 0 aliphatic heterocycles.